The molecule has 6 heteroatoms. The number of nitrogens with zero attached hydrogens (tertiary/aromatic N) is 1. The van der Waals surface area contributed by atoms with Crippen molar-refractivity contribution in [3.8, 4) is 0 Å². The zero-order valence-electron chi connectivity index (χ0n) is 12.8. The van der Waals surface area contributed by atoms with E-state index in [2.05, 4.69) is 10.1 Å². The van der Waals surface area contributed by atoms with Crippen LogP contribution in [0.5, 0.6) is 0 Å². The molecule has 0 bridgehead atoms. The van der Waals surface area contributed by atoms with Gasteiger partial charge in [0, 0.05) is 31.6 Å². The molecule has 0 radical (unpaired) electrons. The van der Waals surface area contributed by atoms with Crippen LogP contribution in [-0.4, -0.2) is 42.9 Å². The summed E-state index contributed by atoms with van der Waals surface area (Å²) >= 11 is 0. The number of anilines is 1. The van der Waals surface area contributed by atoms with Crippen molar-refractivity contribution >= 4 is 23.5 Å². The van der Waals surface area contributed by atoms with Crippen molar-refractivity contribution in [1.82, 2.24) is 4.90 Å². The molecule has 0 unspecified atom stereocenters. The van der Waals surface area contributed by atoms with Crippen LogP contribution in [0.2, 0.25) is 0 Å². The second kappa shape index (κ2) is 7.06. The Labute approximate surface area is 129 Å². The molecule has 118 valence electrons. The van der Waals surface area contributed by atoms with Gasteiger partial charge in [0.05, 0.1) is 12.7 Å². The van der Waals surface area contributed by atoms with Gasteiger partial charge >= 0.3 is 5.97 Å². The van der Waals surface area contributed by atoms with Gasteiger partial charge in [-0.3, -0.25) is 9.59 Å². The van der Waals surface area contributed by atoms with Gasteiger partial charge in [-0.05, 0) is 31.0 Å². The molecule has 1 saturated heterocycles. The maximum Gasteiger partial charge on any atom is 0.337 e. The fourth-order valence-electron chi connectivity index (χ4n) is 2.54. The number of ether oxygens (including phenoxy) is 1. The summed E-state index contributed by atoms with van der Waals surface area (Å²) in [7, 11) is 1.32. The fraction of sp³-hybridized carbons (Fsp3) is 0.438. The Morgan fingerprint density at radius 3 is 2.50 bits per heavy atom. The maximum absolute atomic E-state index is 12.3. The van der Waals surface area contributed by atoms with Gasteiger partial charge in [-0.1, -0.05) is 6.07 Å². The fourth-order valence-corrected chi connectivity index (χ4v) is 2.54. The van der Waals surface area contributed by atoms with Gasteiger partial charge in [-0.15, -0.1) is 0 Å². The van der Waals surface area contributed by atoms with E-state index >= 15 is 0 Å². The highest BCUT2D eigenvalue weighted by Crippen LogP contribution is 2.20. The molecule has 1 aromatic rings. The molecule has 0 aromatic heterocycles. The Bertz CT molecular complexity index is 577. The smallest absolute Gasteiger partial charge is 0.337 e. The summed E-state index contributed by atoms with van der Waals surface area (Å²) in [5.41, 5.74) is 0.966. The zero-order valence-corrected chi connectivity index (χ0v) is 12.8. The number of esters is 1. The molecule has 1 fully saturated rings. The molecule has 1 aromatic carbocycles. The molecular weight excluding hydrogens is 284 g/mol. The van der Waals surface area contributed by atoms with Crippen molar-refractivity contribution in [2.24, 2.45) is 5.92 Å². The predicted octanol–water partition coefficient (Wildman–Crippen LogP) is 1.67. The van der Waals surface area contributed by atoms with E-state index in [1.807, 2.05) is 0 Å². The van der Waals surface area contributed by atoms with E-state index in [0.29, 0.717) is 37.2 Å². The Kier molecular flexibility index (Phi) is 5.14. The van der Waals surface area contributed by atoms with Crippen molar-refractivity contribution in [1.29, 1.82) is 0 Å². The molecule has 0 spiro atoms. The summed E-state index contributed by atoms with van der Waals surface area (Å²) in [4.78, 5) is 36.8. The third-order valence-electron chi connectivity index (χ3n) is 3.86. The first-order chi connectivity index (χ1) is 10.5. The number of hydrogen-bond donors (Lipinski definition) is 1. The summed E-state index contributed by atoms with van der Waals surface area (Å²) in [6.07, 6.45) is 1.31. The molecule has 1 aliphatic rings. The lowest BCUT2D eigenvalue weighted by Crippen LogP contribution is -2.40. The van der Waals surface area contributed by atoms with Crippen LogP contribution in [0.25, 0.3) is 0 Å². The van der Waals surface area contributed by atoms with E-state index < -0.39 is 5.97 Å². The van der Waals surface area contributed by atoms with Gasteiger partial charge in [-0.2, -0.15) is 0 Å². The molecular formula is C16H20N2O4. The second-order valence-corrected chi connectivity index (χ2v) is 5.34. The van der Waals surface area contributed by atoms with E-state index in [-0.39, 0.29) is 17.7 Å². The standard InChI is InChI=1S/C16H20N2O4/c1-11(19)18-8-6-12(7-9-18)15(20)17-14-5-3-4-13(10-14)16(21)22-2/h3-5,10,12H,6-9H2,1-2H3,(H,17,20). The minimum absolute atomic E-state index is 0.0460. The number of benzene rings is 1. The van der Waals surface area contributed by atoms with Crippen molar-refractivity contribution < 1.29 is 19.1 Å². The van der Waals surface area contributed by atoms with Gasteiger partial charge in [0.1, 0.15) is 0 Å². The summed E-state index contributed by atoms with van der Waals surface area (Å²) in [5.74, 6) is -0.585. The number of rotatable bonds is 3. The van der Waals surface area contributed by atoms with Gasteiger partial charge in [0.2, 0.25) is 11.8 Å². The minimum atomic E-state index is -0.439. The first-order valence-corrected chi connectivity index (χ1v) is 7.26. The SMILES string of the molecule is COC(=O)c1cccc(NC(=O)C2CCN(C(C)=O)CC2)c1. The van der Waals surface area contributed by atoms with Crippen LogP contribution in [0.15, 0.2) is 24.3 Å². The van der Waals surface area contributed by atoms with Gasteiger partial charge in [0.15, 0.2) is 0 Å². The van der Waals surface area contributed by atoms with Crippen LogP contribution in [0.4, 0.5) is 5.69 Å². The monoisotopic (exact) mass is 304 g/mol. The van der Waals surface area contributed by atoms with Gasteiger partial charge in [-0.25, -0.2) is 4.79 Å². The highest BCUT2D eigenvalue weighted by molar-refractivity contribution is 5.95. The Morgan fingerprint density at radius 2 is 1.91 bits per heavy atom. The molecule has 2 amide bonds. The summed E-state index contributed by atoms with van der Waals surface area (Å²) in [5, 5.41) is 2.82. The van der Waals surface area contributed by atoms with Crippen LogP contribution in [0.3, 0.4) is 0 Å². The Morgan fingerprint density at radius 1 is 1.23 bits per heavy atom. The molecule has 0 saturated carbocycles. The normalized spacial score (nSPS) is 15.3. The first-order valence-electron chi connectivity index (χ1n) is 7.26. The summed E-state index contributed by atoms with van der Waals surface area (Å²) < 4.78 is 4.66. The van der Waals surface area contributed by atoms with E-state index in [4.69, 9.17) is 0 Å². The molecule has 22 heavy (non-hydrogen) atoms. The lowest BCUT2D eigenvalue weighted by molar-refractivity contribution is -0.132. The third kappa shape index (κ3) is 3.84. The number of carbonyl (C=O) groups excluding carboxylic acids is 3. The van der Waals surface area contributed by atoms with Crippen LogP contribution < -0.4 is 5.32 Å². The third-order valence-corrected chi connectivity index (χ3v) is 3.86. The molecule has 2 rings (SSSR count). The maximum atomic E-state index is 12.3. The van der Waals surface area contributed by atoms with Crippen LogP contribution in [-0.2, 0) is 14.3 Å². The quantitative estimate of drug-likeness (QED) is 0.862. The number of likely N-dealkylation sites (tertiary alicyclic amines) is 1. The zero-order chi connectivity index (χ0) is 16.1. The molecule has 1 N–H and O–H groups in total. The molecule has 0 atom stereocenters. The predicted molar refractivity (Wildman–Crippen MR) is 81.4 cm³/mol. The van der Waals surface area contributed by atoms with E-state index in [1.54, 1.807) is 36.1 Å². The molecule has 6 nitrogen and oxygen atoms in total. The topological polar surface area (TPSA) is 75.7 Å². The lowest BCUT2D eigenvalue weighted by Gasteiger charge is -2.30. The number of nitrogens with one attached hydrogen (secondary N) is 1. The highest BCUT2D eigenvalue weighted by atomic mass is 16.5. The van der Waals surface area contributed by atoms with Crippen molar-refractivity contribution in [2.45, 2.75) is 19.8 Å². The van der Waals surface area contributed by atoms with Gasteiger partial charge < -0.3 is 15.0 Å². The Hall–Kier alpha value is -2.37. The number of methoxy groups -OCH3 is 1. The second-order valence-electron chi connectivity index (χ2n) is 5.34. The van der Waals surface area contributed by atoms with Crippen LogP contribution in [0.1, 0.15) is 30.1 Å². The van der Waals surface area contributed by atoms with Crippen LogP contribution in [0, 0.1) is 5.92 Å². The van der Waals surface area contributed by atoms with Crippen molar-refractivity contribution in [2.75, 3.05) is 25.5 Å². The van der Waals surface area contributed by atoms with E-state index in [1.165, 1.54) is 7.11 Å². The van der Waals surface area contributed by atoms with E-state index in [9.17, 15) is 14.4 Å². The van der Waals surface area contributed by atoms with Gasteiger partial charge in [0.25, 0.3) is 0 Å². The Balaban J connectivity index is 1.95. The minimum Gasteiger partial charge on any atom is -0.465 e. The molecule has 0 aliphatic carbocycles. The number of amides is 2. The number of carbonyl (C=O) groups is 3. The first kappa shape index (κ1) is 16.0. The average Bonchev–Trinajstić information content (AvgIpc) is 2.54. The lowest BCUT2D eigenvalue weighted by atomic mass is 9.95. The van der Waals surface area contributed by atoms with Crippen molar-refractivity contribution in [3.05, 3.63) is 29.8 Å². The summed E-state index contributed by atoms with van der Waals surface area (Å²) in [6.45, 7) is 2.75. The highest BCUT2D eigenvalue weighted by Gasteiger charge is 2.26. The number of piperidine rings is 1. The van der Waals surface area contributed by atoms with E-state index in [0.717, 1.165) is 0 Å². The molecule has 1 aliphatic heterocycles. The van der Waals surface area contributed by atoms with Crippen LogP contribution >= 0.6 is 0 Å². The molecule has 1 heterocycles. The van der Waals surface area contributed by atoms with Crippen molar-refractivity contribution in [3.63, 3.8) is 0 Å². The number of hydrogen-bond acceptors (Lipinski definition) is 4. The average molecular weight is 304 g/mol. The largest absolute Gasteiger partial charge is 0.465 e. The summed E-state index contributed by atoms with van der Waals surface area (Å²) in [6, 6.07) is 6.65.